The quantitative estimate of drug-likeness (QED) is 0.694. The molecule has 1 amide bonds. The highest BCUT2D eigenvalue weighted by Crippen LogP contribution is 2.14. The summed E-state index contributed by atoms with van der Waals surface area (Å²) in [5.74, 6) is -1.48. The molecular weight excluding hydrogens is 324 g/mol. The third kappa shape index (κ3) is 5.08. The number of rotatable bonds is 5. The minimum atomic E-state index is -0.623. The van der Waals surface area contributed by atoms with E-state index in [9.17, 15) is 13.6 Å². The molecule has 1 aliphatic heterocycles. The molecule has 0 radical (unpaired) electrons. The number of carbonyl (C=O) groups excluding carboxylic acids is 1. The Balaban J connectivity index is 1.45. The third-order valence-electron chi connectivity index (χ3n) is 4.57. The summed E-state index contributed by atoms with van der Waals surface area (Å²) < 4.78 is 26.7. The normalized spacial score (nSPS) is 20.2. The monoisotopic (exact) mass is 347 g/mol. The van der Waals surface area contributed by atoms with Gasteiger partial charge in [-0.1, -0.05) is 30.3 Å². The van der Waals surface area contributed by atoms with Crippen LogP contribution in [-0.2, 0) is 11.3 Å². The molecule has 132 valence electrons. The molecule has 2 aromatic carbocycles. The van der Waals surface area contributed by atoms with Crippen molar-refractivity contribution in [1.82, 2.24) is 0 Å². The van der Waals surface area contributed by atoms with Crippen LogP contribution in [0.1, 0.15) is 5.56 Å². The van der Waals surface area contributed by atoms with E-state index in [2.05, 4.69) is 17.4 Å². The maximum Gasteiger partial charge on any atom is 0.279 e. The average molecular weight is 347 g/mol. The second-order valence-corrected chi connectivity index (χ2v) is 6.51. The van der Waals surface area contributed by atoms with Gasteiger partial charge in [0.05, 0.1) is 5.69 Å². The van der Waals surface area contributed by atoms with Gasteiger partial charge in [-0.15, -0.1) is 0 Å². The van der Waals surface area contributed by atoms with Crippen LogP contribution in [0.4, 0.5) is 14.5 Å². The van der Waals surface area contributed by atoms with Crippen molar-refractivity contribution < 1.29 is 23.4 Å². The molecule has 3 N–H and O–H groups in total. The summed E-state index contributed by atoms with van der Waals surface area (Å²) in [7, 11) is 0. The molecule has 3 rings (SSSR count). The lowest BCUT2D eigenvalue weighted by molar-refractivity contribution is -1.02. The molecule has 4 nitrogen and oxygen atoms in total. The van der Waals surface area contributed by atoms with Gasteiger partial charge in [0, 0.05) is 11.6 Å². The first-order valence-electron chi connectivity index (χ1n) is 8.56. The molecule has 0 unspecified atom stereocenters. The summed E-state index contributed by atoms with van der Waals surface area (Å²) in [5, 5.41) is 2.47. The lowest BCUT2D eigenvalue weighted by Gasteiger charge is -2.29. The third-order valence-corrected chi connectivity index (χ3v) is 4.57. The van der Waals surface area contributed by atoms with E-state index in [0.717, 1.165) is 50.9 Å². The van der Waals surface area contributed by atoms with Crippen molar-refractivity contribution in [3.63, 3.8) is 0 Å². The average Bonchev–Trinajstić information content (AvgIpc) is 2.61. The molecule has 6 heteroatoms. The predicted octanol–water partition coefficient (Wildman–Crippen LogP) is -0.113. The molecule has 1 heterocycles. The Bertz CT molecular complexity index is 716. The zero-order chi connectivity index (χ0) is 17.6. The van der Waals surface area contributed by atoms with Gasteiger partial charge in [-0.3, -0.25) is 4.79 Å². The highest BCUT2D eigenvalue weighted by atomic mass is 19.1. The molecule has 25 heavy (non-hydrogen) atoms. The zero-order valence-electron chi connectivity index (χ0n) is 14.0. The van der Waals surface area contributed by atoms with Crippen molar-refractivity contribution in [1.29, 1.82) is 0 Å². The number of hydrogen-bond donors (Lipinski definition) is 3. The van der Waals surface area contributed by atoms with Gasteiger partial charge in [0.15, 0.2) is 6.54 Å². The van der Waals surface area contributed by atoms with Crippen LogP contribution in [0.2, 0.25) is 0 Å². The number of quaternary nitrogens is 2. The van der Waals surface area contributed by atoms with Crippen LogP contribution in [-0.4, -0.2) is 38.6 Å². The SMILES string of the molecule is O=C(C[NH+]1CC[NH+](Cc2ccccc2)CC1)Nc1cc(F)ccc1F. The molecule has 1 saturated heterocycles. The Morgan fingerprint density at radius 3 is 2.36 bits per heavy atom. The van der Waals surface area contributed by atoms with E-state index in [0.29, 0.717) is 0 Å². The molecule has 0 saturated carbocycles. The van der Waals surface area contributed by atoms with E-state index in [1.165, 1.54) is 15.4 Å². The Hall–Kier alpha value is -2.31. The maximum atomic E-state index is 13.6. The molecule has 0 bridgehead atoms. The first-order chi connectivity index (χ1) is 12.1. The van der Waals surface area contributed by atoms with E-state index in [1.807, 2.05) is 18.2 Å². The van der Waals surface area contributed by atoms with E-state index < -0.39 is 11.6 Å². The summed E-state index contributed by atoms with van der Waals surface area (Å²) in [4.78, 5) is 14.8. The van der Waals surface area contributed by atoms with E-state index in [1.54, 1.807) is 0 Å². The van der Waals surface area contributed by atoms with Crippen molar-refractivity contribution in [3.05, 3.63) is 65.7 Å². The van der Waals surface area contributed by atoms with Crippen LogP contribution in [0.15, 0.2) is 48.5 Å². The number of hydrogen-bond acceptors (Lipinski definition) is 1. The van der Waals surface area contributed by atoms with Gasteiger partial charge >= 0.3 is 0 Å². The van der Waals surface area contributed by atoms with Crippen molar-refractivity contribution in [2.75, 3.05) is 38.0 Å². The predicted molar refractivity (Wildman–Crippen MR) is 91.4 cm³/mol. The van der Waals surface area contributed by atoms with E-state index in [-0.39, 0.29) is 18.1 Å². The van der Waals surface area contributed by atoms with Gasteiger partial charge in [-0.05, 0) is 12.1 Å². The first kappa shape index (κ1) is 17.5. The second kappa shape index (κ2) is 8.18. The molecule has 1 aliphatic rings. The lowest BCUT2D eigenvalue weighted by Crippen LogP contribution is -3.28. The largest absolute Gasteiger partial charge is 0.322 e. The molecule has 1 fully saturated rings. The lowest BCUT2D eigenvalue weighted by atomic mass is 10.2. The van der Waals surface area contributed by atoms with Gasteiger partial charge in [0.2, 0.25) is 0 Å². The Morgan fingerprint density at radius 1 is 0.960 bits per heavy atom. The minimum absolute atomic E-state index is 0.0993. The standard InChI is InChI=1S/C19H21F2N3O/c20-16-6-7-17(21)18(12-16)22-19(25)14-24-10-8-23(9-11-24)13-15-4-2-1-3-5-15/h1-7,12H,8-11,13-14H2,(H,22,25)/p+2. The fourth-order valence-electron chi connectivity index (χ4n) is 3.21. The van der Waals surface area contributed by atoms with Gasteiger partial charge in [-0.2, -0.15) is 0 Å². The maximum absolute atomic E-state index is 13.6. The van der Waals surface area contributed by atoms with Gasteiger partial charge < -0.3 is 15.1 Å². The zero-order valence-corrected chi connectivity index (χ0v) is 14.0. The fraction of sp³-hybridized carbons (Fsp3) is 0.316. The van der Waals surface area contributed by atoms with Gasteiger partial charge in [-0.25, -0.2) is 8.78 Å². The number of carbonyl (C=O) groups is 1. The van der Waals surface area contributed by atoms with Gasteiger partial charge in [0.25, 0.3) is 5.91 Å². The molecule has 0 aliphatic carbocycles. The molecule has 2 aromatic rings. The second-order valence-electron chi connectivity index (χ2n) is 6.51. The fourth-order valence-corrected chi connectivity index (χ4v) is 3.21. The molecule has 0 spiro atoms. The van der Waals surface area contributed by atoms with Crippen LogP contribution < -0.4 is 15.1 Å². The van der Waals surface area contributed by atoms with Crippen molar-refractivity contribution >= 4 is 11.6 Å². The Morgan fingerprint density at radius 2 is 1.64 bits per heavy atom. The minimum Gasteiger partial charge on any atom is -0.322 e. The number of anilines is 1. The van der Waals surface area contributed by atoms with Crippen molar-refractivity contribution in [2.45, 2.75) is 6.54 Å². The van der Waals surface area contributed by atoms with Crippen LogP contribution in [0.5, 0.6) is 0 Å². The number of nitrogens with one attached hydrogen (secondary N) is 3. The number of halogens is 2. The molecule has 0 aromatic heterocycles. The van der Waals surface area contributed by atoms with E-state index >= 15 is 0 Å². The van der Waals surface area contributed by atoms with Crippen LogP contribution in [0.25, 0.3) is 0 Å². The van der Waals surface area contributed by atoms with Crippen LogP contribution in [0.3, 0.4) is 0 Å². The molecular formula is C19H23F2N3O+2. The van der Waals surface area contributed by atoms with Crippen LogP contribution in [0, 0.1) is 11.6 Å². The summed E-state index contributed by atoms with van der Waals surface area (Å²) in [6.07, 6.45) is 0. The summed E-state index contributed by atoms with van der Waals surface area (Å²) in [5.41, 5.74) is 1.22. The highest BCUT2D eigenvalue weighted by molar-refractivity contribution is 5.91. The smallest absolute Gasteiger partial charge is 0.279 e. The van der Waals surface area contributed by atoms with Crippen molar-refractivity contribution in [2.24, 2.45) is 0 Å². The first-order valence-corrected chi connectivity index (χ1v) is 8.56. The Kier molecular flexibility index (Phi) is 5.73. The highest BCUT2D eigenvalue weighted by Gasteiger charge is 2.25. The van der Waals surface area contributed by atoms with E-state index in [4.69, 9.17) is 0 Å². The summed E-state index contributed by atoms with van der Waals surface area (Å²) in [6, 6.07) is 13.4. The number of piperazine rings is 1. The van der Waals surface area contributed by atoms with Crippen molar-refractivity contribution in [3.8, 4) is 0 Å². The summed E-state index contributed by atoms with van der Waals surface area (Å²) >= 11 is 0. The van der Waals surface area contributed by atoms with Crippen LogP contribution >= 0.6 is 0 Å². The topological polar surface area (TPSA) is 38.0 Å². The number of amides is 1. The molecule has 0 atom stereocenters. The van der Waals surface area contributed by atoms with Gasteiger partial charge in [0.1, 0.15) is 44.4 Å². The summed E-state index contributed by atoms with van der Waals surface area (Å²) in [6.45, 7) is 5.03. The Labute approximate surface area is 146 Å². The number of benzene rings is 2.